The number of rotatable bonds is 1. The topological polar surface area (TPSA) is 52.6 Å². The maximum Gasteiger partial charge on any atom is 0.355 e. The molecule has 0 saturated heterocycles. The van der Waals surface area contributed by atoms with Crippen LogP contribution >= 0.6 is 0 Å². The Balaban J connectivity index is 2.35. The van der Waals surface area contributed by atoms with Gasteiger partial charge in [-0.3, -0.25) is 4.79 Å². The smallest absolute Gasteiger partial charge is 0.355 e. The van der Waals surface area contributed by atoms with Crippen LogP contribution in [-0.2, 0) is 9.53 Å². The Bertz CT molecular complexity index is 397. The number of benzene rings is 1. The zero-order valence-electron chi connectivity index (χ0n) is 7.52. The van der Waals surface area contributed by atoms with Crippen molar-refractivity contribution in [3.05, 3.63) is 29.8 Å². The van der Waals surface area contributed by atoms with E-state index in [1.807, 2.05) is 0 Å². The molecule has 14 heavy (non-hydrogen) atoms. The Morgan fingerprint density at radius 1 is 1.43 bits per heavy atom. The van der Waals surface area contributed by atoms with Crippen molar-refractivity contribution in [1.29, 1.82) is 0 Å². The van der Waals surface area contributed by atoms with Crippen LogP contribution in [0.4, 0.5) is 0 Å². The highest BCUT2D eigenvalue weighted by atomic mass is 16.6. The number of Topliss-reactive ketones (excluding diaryl/α,β-unsaturated/α-hetero) is 1. The number of carbonyl (C=O) groups excluding carboxylic acids is 2. The van der Waals surface area contributed by atoms with E-state index in [1.54, 1.807) is 24.3 Å². The molecule has 4 heteroatoms. The minimum atomic E-state index is -1.13. The van der Waals surface area contributed by atoms with E-state index in [2.05, 4.69) is 4.74 Å². The standard InChI is InChI=1S/C10H8O4/c1-13-10(12)9-8(11)6-4-2-3-5-7(6)14-9/h2-5,9H,1H3/t9-/m1/s1. The lowest BCUT2D eigenvalue weighted by Crippen LogP contribution is -2.31. The predicted molar refractivity (Wildman–Crippen MR) is 47.2 cm³/mol. The van der Waals surface area contributed by atoms with E-state index in [0.29, 0.717) is 11.3 Å². The van der Waals surface area contributed by atoms with E-state index in [1.165, 1.54) is 7.11 Å². The van der Waals surface area contributed by atoms with Gasteiger partial charge in [0.15, 0.2) is 0 Å². The van der Waals surface area contributed by atoms with Crippen molar-refractivity contribution >= 4 is 11.8 Å². The van der Waals surface area contributed by atoms with E-state index < -0.39 is 12.1 Å². The molecule has 4 nitrogen and oxygen atoms in total. The lowest BCUT2D eigenvalue weighted by molar-refractivity contribution is -0.145. The zero-order valence-corrected chi connectivity index (χ0v) is 7.52. The summed E-state index contributed by atoms with van der Waals surface area (Å²) in [7, 11) is 1.22. The van der Waals surface area contributed by atoms with E-state index in [-0.39, 0.29) is 5.78 Å². The molecule has 72 valence electrons. The molecule has 0 radical (unpaired) electrons. The van der Waals surface area contributed by atoms with Crippen LogP contribution in [0, 0.1) is 0 Å². The predicted octanol–water partition coefficient (Wildman–Crippen LogP) is 0.803. The molecule has 0 aromatic heterocycles. The van der Waals surface area contributed by atoms with Crippen LogP contribution in [0.25, 0.3) is 0 Å². The molecule has 0 bridgehead atoms. The molecule has 0 saturated carbocycles. The fourth-order valence-corrected chi connectivity index (χ4v) is 1.36. The fourth-order valence-electron chi connectivity index (χ4n) is 1.36. The molecule has 0 unspecified atom stereocenters. The lowest BCUT2D eigenvalue weighted by atomic mass is 10.1. The molecule has 1 aromatic rings. The normalized spacial score (nSPS) is 18.6. The molecular formula is C10H8O4. The summed E-state index contributed by atoms with van der Waals surface area (Å²) in [5, 5.41) is 0. The van der Waals surface area contributed by atoms with Gasteiger partial charge < -0.3 is 9.47 Å². The van der Waals surface area contributed by atoms with Crippen LogP contribution in [0.2, 0.25) is 0 Å². The number of para-hydroxylation sites is 1. The van der Waals surface area contributed by atoms with Crippen LogP contribution in [0.3, 0.4) is 0 Å². The molecule has 0 amide bonds. The third kappa shape index (κ3) is 1.16. The molecule has 1 atom stereocenters. The van der Waals surface area contributed by atoms with Gasteiger partial charge in [-0.1, -0.05) is 12.1 Å². The van der Waals surface area contributed by atoms with Gasteiger partial charge in [-0.2, -0.15) is 0 Å². The molecule has 0 N–H and O–H groups in total. The fraction of sp³-hybridized carbons (Fsp3) is 0.200. The largest absolute Gasteiger partial charge is 0.470 e. The number of fused-ring (bicyclic) bond motifs is 1. The zero-order chi connectivity index (χ0) is 10.1. The highest BCUT2D eigenvalue weighted by molar-refractivity contribution is 6.15. The Morgan fingerprint density at radius 2 is 2.14 bits per heavy atom. The van der Waals surface area contributed by atoms with Gasteiger partial charge in [-0.15, -0.1) is 0 Å². The van der Waals surface area contributed by atoms with Gasteiger partial charge in [0.1, 0.15) is 5.75 Å². The second kappa shape index (κ2) is 3.14. The monoisotopic (exact) mass is 192 g/mol. The first-order valence-electron chi connectivity index (χ1n) is 4.12. The Labute approximate surface area is 80.4 Å². The highest BCUT2D eigenvalue weighted by Crippen LogP contribution is 2.28. The van der Waals surface area contributed by atoms with Crippen molar-refractivity contribution in [2.75, 3.05) is 7.11 Å². The van der Waals surface area contributed by atoms with Crippen molar-refractivity contribution in [3.63, 3.8) is 0 Å². The van der Waals surface area contributed by atoms with Crippen LogP contribution < -0.4 is 4.74 Å². The maximum atomic E-state index is 11.6. The van der Waals surface area contributed by atoms with E-state index in [4.69, 9.17) is 4.74 Å². The number of methoxy groups -OCH3 is 1. The van der Waals surface area contributed by atoms with Crippen LogP contribution in [0.1, 0.15) is 10.4 Å². The van der Waals surface area contributed by atoms with Crippen molar-refractivity contribution in [2.24, 2.45) is 0 Å². The third-order valence-corrected chi connectivity index (χ3v) is 2.05. The number of ether oxygens (including phenoxy) is 2. The summed E-state index contributed by atoms with van der Waals surface area (Å²) in [6.45, 7) is 0. The first-order chi connectivity index (χ1) is 6.74. The van der Waals surface area contributed by atoms with E-state index in [9.17, 15) is 9.59 Å². The minimum Gasteiger partial charge on any atom is -0.470 e. The van der Waals surface area contributed by atoms with E-state index >= 15 is 0 Å². The number of ketones is 1. The van der Waals surface area contributed by atoms with Gasteiger partial charge in [-0.25, -0.2) is 4.79 Å². The molecule has 1 heterocycles. The molecular weight excluding hydrogens is 184 g/mol. The first kappa shape index (κ1) is 8.74. The van der Waals surface area contributed by atoms with Gasteiger partial charge >= 0.3 is 5.97 Å². The van der Waals surface area contributed by atoms with Gasteiger partial charge in [-0.05, 0) is 12.1 Å². The third-order valence-electron chi connectivity index (χ3n) is 2.05. The average molecular weight is 192 g/mol. The molecule has 0 fully saturated rings. The molecule has 2 rings (SSSR count). The number of esters is 1. The SMILES string of the molecule is COC(=O)[C@@H]1Oc2ccccc2C1=O. The van der Waals surface area contributed by atoms with Crippen molar-refractivity contribution in [3.8, 4) is 5.75 Å². The molecule has 1 aliphatic rings. The quantitative estimate of drug-likeness (QED) is 0.488. The number of carbonyl (C=O) groups is 2. The van der Waals surface area contributed by atoms with Crippen LogP contribution in [0.5, 0.6) is 5.75 Å². The van der Waals surface area contributed by atoms with Gasteiger partial charge in [0.2, 0.25) is 5.78 Å². The Hall–Kier alpha value is -1.84. The van der Waals surface area contributed by atoms with E-state index in [0.717, 1.165) is 0 Å². The Morgan fingerprint density at radius 3 is 2.79 bits per heavy atom. The molecule has 1 aliphatic heterocycles. The maximum absolute atomic E-state index is 11.6. The van der Waals surface area contributed by atoms with Gasteiger partial charge in [0.25, 0.3) is 6.10 Å². The summed E-state index contributed by atoms with van der Waals surface area (Å²) in [5.74, 6) is -0.563. The summed E-state index contributed by atoms with van der Waals surface area (Å²) in [6, 6.07) is 6.74. The second-order valence-electron chi connectivity index (χ2n) is 2.88. The lowest BCUT2D eigenvalue weighted by Gasteiger charge is -2.05. The van der Waals surface area contributed by atoms with Crippen molar-refractivity contribution in [1.82, 2.24) is 0 Å². The van der Waals surface area contributed by atoms with Gasteiger partial charge in [0.05, 0.1) is 12.7 Å². The average Bonchev–Trinajstić information content (AvgIpc) is 2.56. The summed E-state index contributed by atoms with van der Waals surface area (Å²) in [5.41, 5.74) is 0.433. The molecule has 1 aromatic carbocycles. The first-order valence-corrected chi connectivity index (χ1v) is 4.12. The summed E-state index contributed by atoms with van der Waals surface area (Å²) in [6.07, 6.45) is -1.13. The molecule has 0 aliphatic carbocycles. The minimum absolute atomic E-state index is 0.340. The summed E-state index contributed by atoms with van der Waals surface area (Å²) < 4.78 is 9.60. The van der Waals surface area contributed by atoms with Crippen molar-refractivity contribution < 1.29 is 19.1 Å². The highest BCUT2D eigenvalue weighted by Gasteiger charge is 2.38. The number of hydrogen-bond donors (Lipinski definition) is 0. The second-order valence-corrected chi connectivity index (χ2v) is 2.88. The molecule has 0 spiro atoms. The summed E-state index contributed by atoms with van der Waals surface area (Å²) >= 11 is 0. The Kier molecular flexibility index (Phi) is 1.96. The van der Waals surface area contributed by atoms with Crippen LogP contribution in [-0.4, -0.2) is 25.0 Å². The summed E-state index contributed by atoms with van der Waals surface area (Å²) in [4.78, 5) is 22.7. The van der Waals surface area contributed by atoms with Crippen molar-refractivity contribution in [2.45, 2.75) is 6.10 Å². The van der Waals surface area contributed by atoms with Gasteiger partial charge in [0, 0.05) is 0 Å². The number of hydrogen-bond acceptors (Lipinski definition) is 4. The van der Waals surface area contributed by atoms with Crippen LogP contribution in [0.15, 0.2) is 24.3 Å².